The number of benzene rings is 1. The fourth-order valence-electron chi connectivity index (χ4n) is 3.32. The summed E-state index contributed by atoms with van der Waals surface area (Å²) in [6, 6.07) is 13.7. The van der Waals surface area contributed by atoms with Gasteiger partial charge in [0.15, 0.2) is 0 Å². The van der Waals surface area contributed by atoms with E-state index in [2.05, 4.69) is 15.6 Å². The van der Waals surface area contributed by atoms with Crippen LogP contribution in [0.1, 0.15) is 23.3 Å². The zero-order valence-corrected chi connectivity index (χ0v) is 14.5. The van der Waals surface area contributed by atoms with E-state index in [0.717, 1.165) is 28.6 Å². The number of aryl methyl sites for hydroxylation is 1. The number of rotatable bonds is 4. The molecule has 1 fully saturated rings. The molecule has 1 aromatic carbocycles. The molecule has 1 atom stereocenters. The molecule has 132 valence electrons. The minimum atomic E-state index is -0.222. The second kappa shape index (κ2) is 6.63. The highest BCUT2D eigenvalue weighted by molar-refractivity contribution is 6.05. The molecule has 1 aliphatic heterocycles. The Hall–Kier alpha value is -3.15. The lowest BCUT2D eigenvalue weighted by atomic mass is 10.1. The number of pyridine rings is 1. The van der Waals surface area contributed by atoms with Gasteiger partial charge in [-0.15, -0.1) is 0 Å². The quantitative estimate of drug-likeness (QED) is 0.759. The zero-order chi connectivity index (χ0) is 18.1. The van der Waals surface area contributed by atoms with Crippen molar-refractivity contribution in [3.05, 3.63) is 54.4 Å². The van der Waals surface area contributed by atoms with E-state index in [0.29, 0.717) is 18.7 Å². The Labute approximate surface area is 151 Å². The second-order valence-electron chi connectivity index (χ2n) is 6.59. The molecule has 2 amide bonds. The summed E-state index contributed by atoms with van der Waals surface area (Å²) in [6.07, 6.45) is 3.19. The molecule has 0 spiro atoms. The molecule has 1 saturated heterocycles. The summed E-state index contributed by atoms with van der Waals surface area (Å²) < 4.78 is 1.98. The molecule has 26 heavy (non-hydrogen) atoms. The van der Waals surface area contributed by atoms with Gasteiger partial charge < -0.3 is 15.2 Å². The van der Waals surface area contributed by atoms with Crippen molar-refractivity contribution in [2.24, 2.45) is 7.05 Å². The Balaban J connectivity index is 1.66. The van der Waals surface area contributed by atoms with Crippen molar-refractivity contribution in [2.75, 3.05) is 6.54 Å². The Morgan fingerprint density at radius 3 is 2.85 bits per heavy atom. The van der Waals surface area contributed by atoms with Crippen LogP contribution in [0.2, 0.25) is 0 Å². The highest BCUT2D eigenvalue weighted by Crippen LogP contribution is 2.25. The number of nitrogens with one attached hydrogen (secondary N) is 2. The SMILES string of the molecule is Cn1ccc2c(C(=O)NCC3CCC(=O)N3)nc(-c3ccccc3)cc21. The maximum Gasteiger partial charge on any atom is 0.270 e. The molecule has 3 heterocycles. The van der Waals surface area contributed by atoms with Crippen LogP contribution in [0, 0.1) is 0 Å². The molecule has 0 saturated carbocycles. The Morgan fingerprint density at radius 1 is 1.31 bits per heavy atom. The highest BCUT2D eigenvalue weighted by atomic mass is 16.2. The number of hydrogen-bond acceptors (Lipinski definition) is 3. The standard InChI is InChI=1S/C20H20N4O2/c1-24-10-9-15-17(24)11-16(13-5-3-2-4-6-13)23-19(15)20(26)21-12-14-7-8-18(25)22-14/h2-6,9-11,14H,7-8,12H2,1H3,(H,21,26)(H,22,25). The van der Waals surface area contributed by atoms with Gasteiger partial charge in [0.2, 0.25) is 5.91 Å². The Morgan fingerprint density at radius 2 is 2.12 bits per heavy atom. The topological polar surface area (TPSA) is 76.0 Å². The van der Waals surface area contributed by atoms with E-state index in [1.54, 1.807) is 0 Å². The molecule has 1 aliphatic rings. The monoisotopic (exact) mass is 348 g/mol. The lowest BCUT2D eigenvalue weighted by Gasteiger charge is -2.12. The second-order valence-corrected chi connectivity index (χ2v) is 6.59. The van der Waals surface area contributed by atoms with E-state index in [4.69, 9.17) is 0 Å². The van der Waals surface area contributed by atoms with Crippen LogP contribution >= 0.6 is 0 Å². The van der Waals surface area contributed by atoms with Crippen molar-refractivity contribution in [1.82, 2.24) is 20.2 Å². The fraction of sp³-hybridized carbons (Fsp3) is 0.250. The van der Waals surface area contributed by atoms with E-state index < -0.39 is 0 Å². The normalized spacial score (nSPS) is 16.7. The van der Waals surface area contributed by atoms with Crippen molar-refractivity contribution >= 4 is 22.7 Å². The van der Waals surface area contributed by atoms with E-state index in [-0.39, 0.29) is 17.9 Å². The number of hydrogen-bond donors (Lipinski definition) is 2. The summed E-state index contributed by atoms with van der Waals surface area (Å²) in [4.78, 5) is 28.7. The maximum absolute atomic E-state index is 12.8. The van der Waals surface area contributed by atoms with Gasteiger partial charge in [0.1, 0.15) is 5.69 Å². The van der Waals surface area contributed by atoms with E-state index >= 15 is 0 Å². The molecule has 2 N–H and O–H groups in total. The first kappa shape index (κ1) is 16.3. The fourth-order valence-corrected chi connectivity index (χ4v) is 3.32. The number of nitrogens with zero attached hydrogens (tertiary/aromatic N) is 2. The first-order valence-electron chi connectivity index (χ1n) is 8.71. The van der Waals surface area contributed by atoms with Crippen LogP contribution in [-0.2, 0) is 11.8 Å². The number of carbonyl (C=O) groups excluding carboxylic acids is 2. The van der Waals surface area contributed by atoms with Crippen LogP contribution in [-0.4, -0.2) is 34.0 Å². The van der Waals surface area contributed by atoms with Crippen LogP contribution in [0.4, 0.5) is 0 Å². The third kappa shape index (κ3) is 3.06. The summed E-state index contributed by atoms with van der Waals surface area (Å²) in [6.45, 7) is 0.413. The third-order valence-electron chi connectivity index (χ3n) is 4.76. The Bertz CT molecular complexity index is 978. The summed E-state index contributed by atoms with van der Waals surface area (Å²) in [7, 11) is 1.95. The molecule has 6 nitrogen and oxygen atoms in total. The molecule has 2 aromatic heterocycles. The average Bonchev–Trinajstić information content (AvgIpc) is 3.25. The van der Waals surface area contributed by atoms with Crippen LogP contribution in [0.3, 0.4) is 0 Å². The van der Waals surface area contributed by atoms with Crippen molar-refractivity contribution in [2.45, 2.75) is 18.9 Å². The van der Waals surface area contributed by atoms with Crippen molar-refractivity contribution < 1.29 is 9.59 Å². The van der Waals surface area contributed by atoms with Crippen molar-refractivity contribution in [3.63, 3.8) is 0 Å². The van der Waals surface area contributed by atoms with Crippen LogP contribution in [0.15, 0.2) is 48.7 Å². The molecular weight excluding hydrogens is 328 g/mol. The minimum Gasteiger partial charge on any atom is -0.352 e. The molecule has 0 radical (unpaired) electrons. The lowest BCUT2D eigenvalue weighted by Crippen LogP contribution is -2.38. The van der Waals surface area contributed by atoms with Gasteiger partial charge in [-0.3, -0.25) is 9.59 Å². The van der Waals surface area contributed by atoms with Crippen molar-refractivity contribution in [1.29, 1.82) is 0 Å². The predicted octanol–water partition coefficient (Wildman–Crippen LogP) is 2.25. The number of carbonyl (C=O) groups is 2. The summed E-state index contributed by atoms with van der Waals surface area (Å²) in [5, 5.41) is 6.60. The number of fused-ring (bicyclic) bond motifs is 1. The Kier molecular flexibility index (Phi) is 4.16. The summed E-state index contributed by atoms with van der Waals surface area (Å²) in [5.74, 6) is -0.181. The first-order chi connectivity index (χ1) is 12.6. The summed E-state index contributed by atoms with van der Waals surface area (Å²) in [5.41, 5.74) is 3.09. The third-order valence-corrected chi connectivity index (χ3v) is 4.76. The van der Waals surface area contributed by atoms with E-state index in [9.17, 15) is 9.59 Å². The van der Waals surface area contributed by atoms with Gasteiger partial charge in [0, 0.05) is 43.2 Å². The molecule has 1 unspecified atom stereocenters. The molecule has 6 heteroatoms. The van der Waals surface area contributed by atoms with Crippen molar-refractivity contribution in [3.8, 4) is 11.3 Å². The van der Waals surface area contributed by atoms with E-state index in [1.807, 2.05) is 60.3 Å². The van der Waals surface area contributed by atoms with Gasteiger partial charge in [-0.05, 0) is 18.6 Å². The molecule has 0 aliphatic carbocycles. The largest absolute Gasteiger partial charge is 0.352 e. The van der Waals surface area contributed by atoms with Crippen LogP contribution in [0.25, 0.3) is 22.2 Å². The van der Waals surface area contributed by atoms with Crippen LogP contribution < -0.4 is 10.6 Å². The number of aromatic nitrogens is 2. The first-order valence-corrected chi connectivity index (χ1v) is 8.71. The molecule has 3 aromatic rings. The van der Waals surface area contributed by atoms with Gasteiger partial charge in [-0.2, -0.15) is 0 Å². The van der Waals surface area contributed by atoms with Gasteiger partial charge in [-0.1, -0.05) is 30.3 Å². The summed E-state index contributed by atoms with van der Waals surface area (Å²) >= 11 is 0. The van der Waals surface area contributed by atoms with Crippen LogP contribution in [0.5, 0.6) is 0 Å². The van der Waals surface area contributed by atoms with Gasteiger partial charge in [0.05, 0.1) is 11.2 Å². The lowest BCUT2D eigenvalue weighted by molar-refractivity contribution is -0.119. The zero-order valence-electron chi connectivity index (χ0n) is 14.5. The average molecular weight is 348 g/mol. The molecule has 4 rings (SSSR count). The highest BCUT2D eigenvalue weighted by Gasteiger charge is 2.22. The minimum absolute atomic E-state index is 0.00461. The molecular formula is C20H20N4O2. The van der Waals surface area contributed by atoms with E-state index in [1.165, 1.54) is 0 Å². The van der Waals surface area contributed by atoms with Gasteiger partial charge >= 0.3 is 0 Å². The van der Waals surface area contributed by atoms with Gasteiger partial charge in [-0.25, -0.2) is 4.98 Å². The molecule has 0 bridgehead atoms. The predicted molar refractivity (Wildman–Crippen MR) is 99.6 cm³/mol. The number of amides is 2. The van der Waals surface area contributed by atoms with Gasteiger partial charge in [0.25, 0.3) is 5.91 Å². The smallest absolute Gasteiger partial charge is 0.270 e. The maximum atomic E-state index is 12.8.